The van der Waals surface area contributed by atoms with E-state index in [1.54, 1.807) is 12.1 Å². The summed E-state index contributed by atoms with van der Waals surface area (Å²) in [6.07, 6.45) is 1.35. The van der Waals surface area contributed by atoms with Gasteiger partial charge >= 0.3 is 0 Å². The summed E-state index contributed by atoms with van der Waals surface area (Å²) >= 11 is 0. The van der Waals surface area contributed by atoms with Crippen LogP contribution in [0.5, 0.6) is 0 Å². The standard InChI is InChI=1S/C20H24N2O3/c1-15(6-5-13-23)22-19(24)14-21-20(25)18-11-9-17(10-12-18)16-7-3-2-4-8-16/h2-4,7-12,15,23H,5-6,13-14H2,1H3,(H,21,25)(H,22,24). The number of nitrogens with one attached hydrogen (secondary N) is 2. The molecule has 5 nitrogen and oxygen atoms in total. The molecule has 2 aromatic carbocycles. The molecule has 2 amide bonds. The summed E-state index contributed by atoms with van der Waals surface area (Å²) in [7, 11) is 0. The van der Waals surface area contributed by atoms with Crippen molar-refractivity contribution in [1.29, 1.82) is 0 Å². The summed E-state index contributed by atoms with van der Waals surface area (Å²) < 4.78 is 0. The minimum atomic E-state index is -0.280. The smallest absolute Gasteiger partial charge is 0.251 e. The lowest BCUT2D eigenvalue weighted by molar-refractivity contribution is -0.120. The molecule has 0 aliphatic heterocycles. The highest BCUT2D eigenvalue weighted by molar-refractivity contribution is 5.96. The van der Waals surface area contributed by atoms with Crippen molar-refractivity contribution in [2.75, 3.05) is 13.2 Å². The molecule has 1 unspecified atom stereocenters. The van der Waals surface area contributed by atoms with E-state index in [-0.39, 0.29) is 31.0 Å². The molecule has 0 saturated heterocycles. The number of aliphatic hydroxyl groups excluding tert-OH is 1. The van der Waals surface area contributed by atoms with E-state index in [1.165, 1.54) is 0 Å². The van der Waals surface area contributed by atoms with E-state index in [1.807, 2.05) is 49.4 Å². The van der Waals surface area contributed by atoms with Gasteiger partial charge in [-0.2, -0.15) is 0 Å². The van der Waals surface area contributed by atoms with Crippen molar-refractivity contribution in [1.82, 2.24) is 10.6 Å². The quantitative estimate of drug-likeness (QED) is 0.690. The summed E-state index contributed by atoms with van der Waals surface area (Å²) in [5, 5.41) is 14.2. The van der Waals surface area contributed by atoms with Crippen LogP contribution in [0.25, 0.3) is 11.1 Å². The molecule has 3 N–H and O–H groups in total. The Morgan fingerprint density at radius 2 is 1.64 bits per heavy atom. The second kappa shape index (κ2) is 9.59. The summed E-state index contributed by atoms with van der Waals surface area (Å²) in [5.74, 6) is -0.516. The largest absolute Gasteiger partial charge is 0.396 e. The van der Waals surface area contributed by atoms with Crippen molar-refractivity contribution in [2.45, 2.75) is 25.8 Å². The first kappa shape index (κ1) is 18.7. The van der Waals surface area contributed by atoms with Gasteiger partial charge in [-0.25, -0.2) is 0 Å². The third-order valence-corrected chi connectivity index (χ3v) is 3.87. The number of aliphatic hydroxyl groups is 1. The van der Waals surface area contributed by atoms with Gasteiger partial charge in [-0.15, -0.1) is 0 Å². The van der Waals surface area contributed by atoms with Gasteiger partial charge in [0.1, 0.15) is 0 Å². The number of benzene rings is 2. The Balaban J connectivity index is 1.84. The molecule has 0 spiro atoms. The van der Waals surface area contributed by atoms with Crippen LogP contribution in [0, 0.1) is 0 Å². The van der Waals surface area contributed by atoms with Crippen LogP contribution >= 0.6 is 0 Å². The molecule has 0 aliphatic carbocycles. The molecule has 2 aromatic rings. The predicted molar refractivity (Wildman–Crippen MR) is 98.1 cm³/mol. The van der Waals surface area contributed by atoms with Crippen LogP contribution in [0.4, 0.5) is 0 Å². The van der Waals surface area contributed by atoms with Gasteiger partial charge in [0, 0.05) is 18.2 Å². The molecule has 1 atom stereocenters. The third-order valence-electron chi connectivity index (χ3n) is 3.87. The van der Waals surface area contributed by atoms with E-state index < -0.39 is 0 Å². The second-order valence-electron chi connectivity index (χ2n) is 5.96. The summed E-state index contributed by atoms with van der Waals surface area (Å²) in [6.45, 7) is 1.91. The molecule has 0 radical (unpaired) electrons. The highest BCUT2D eigenvalue weighted by Gasteiger charge is 2.10. The van der Waals surface area contributed by atoms with Crippen molar-refractivity contribution in [3.63, 3.8) is 0 Å². The highest BCUT2D eigenvalue weighted by atomic mass is 16.3. The fourth-order valence-electron chi connectivity index (χ4n) is 2.50. The fourth-order valence-corrected chi connectivity index (χ4v) is 2.50. The number of amides is 2. The third kappa shape index (κ3) is 6.04. The minimum Gasteiger partial charge on any atom is -0.396 e. The Morgan fingerprint density at radius 3 is 2.28 bits per heavy atom. The van der Waals surface area contributed by atoms with Crippen LogP contribution in [0.3, 0.4) is 0 Å². The first-order chi connectivity index (χ1) is 12.1. The SMILES string of the molecule is CC(CCCO)NC(=O)CNC(=O)c1ccc(-c2ccccc2)cc1. The number of hydrogen-bond acceptors (Lipinski definition) is 3. The zero-order chi connectivity index (χ0) is 18.1. The Kier molecular flexibility index (Phi) is 7.16. The lowest BCUT2D eigenvalue weighted by Gasteiger charge is -2.13. The molecule has 132 valence electrons. The molecule has 25 heavy (non-hydrogen) atoms. The molecule has 0 saturated carbocycles. The first-order valence-electron chi connectivity index (χ1n) is 8.44. The predicted octanol–water partition coefficient (Wildman–Crippen LogP) is 2.36. The maximum Gasteiger partial charge on any atom is 0.251 e. The van der Waals surface area contributed by atoms with Gasteiger partial charge in [0.15, 0.2) is 0 Å². The Morgan fingerprint density at radius 1 is 1.00 bits per heavy atom. The number of carbonyl (C=O) groups excluding carboxylic acids is 2. The van der Waals surface area contributed by atoms with Crippen molar-refractivity contribution in [3.8, 4) is 11.1 Å². The van der Waals surface area contributed by atoms with Crippen molar-refractivity contribution >= 4 is 11.8 Å². The Bertz CT molecular complexity index is 684. The van der Waals surface area contributed by atoms with Gasteiger partial charge in [0.25, 0.3) is 5.91 Å². The van der Waals surface area contributed by atoms with E-state index in [0.29, 0.717) is 18.4 Å². The normalized spacial score (nSPS) is 11.6. The maximum atomic E-state index is 12.1. The molecule has 5 heteroatoms. The number of carbonyl (C=O) groups is 2. The van der Waals surface area contributed by atoms with Crippen LogP contribution in [0.15, 0.2) is 54.6 Å². The fraction of sp³-hybridized carbons (Fsp3) is 0.300. The molecular formula is C20H24N2O3. The Hall–Kier alpha value is -2.66. The van der Waals surface area contributed by atoms with Crippen LogP contribution in [-0.4, -0.2) is 36.1 Å². The van der Waals surface area contributed by atoms with Gasteiger partial charge < -0.3 is 15.7 Å². The number of rotatable bonds is 8. The molecule has 0 aliphatic rings. The van der Waals surface area contributed by atoms with Crippen LogP contribution < -0.4 is 10.6 Å². The van der Waals surface area contributed by atoms with Crippen LogP contribution in [0.1, 0.15) is 30.1 Å². The minimum absolute atomic E-state index is 0.0262. The van der Waals surface area contributed by atoms with E-state index in [2.05, 4.69) is 10.6 Å². The van der Waals surface area contributed by atoms with Crippen molar-refractivity contribution in [2.24, 2.45) is 0 Å². The van der Waals surface area contributed by atoms with E-state index >= 15 is 0 Å². The zero-order valence-electron chi connectivity index (χ0n) is 14.4. The first-order valence-corrected chi connectivity index (χ1v) is 8.44. The summed E-state index contributed by atoms with van der Waals surface area (Å²) in [6, 6.07) is 17.2. The van der Waals surface area contributed by atoms with Crippen LogP contribution in [-0.2, 0) is 4.79 Å². The van der Waals surface area contributed by atoms with Gasteiger partial charge in [0.2, 0.25) is 5.91 Å². The Labute approximate surface area is 148 Å². The van der Waals surface area contributed by atoms with Gasteiger partial charge in [-0.3, -0.25) is 9.59 Å². The number of hydrogen-bond donors (Lipinski definition) is 3. The molecule has 0 fully saturated rings. The average molecular weight is 340 g/mol. The lowest BCUT2D eigenvalue weighted by Crippen LogP contribution is -2.40. The summed E-state index contributed by atoms with van der Waals surface area (Å²) in [4.78, 5) is 23.9. The van der Waals surface area contributed by atoms with Crippen molar-refractivity contribution < 1.29 is 14.7 Å². The van der Waals surface area contributed by atoms with Gasteiger partial charge in [-0.05, 0) is 43.0 Å². The molecular weight excluding hydrogens is 316 g/mol. The second-order valence-corrected chi connectivity index (χ2v) is 5.96. The van der Waals surface area contributed by atoms with Crippen molar-refractivity contribution in [3.05, 3.63) is 60.2 Å². The molecule has 0 aromatic heterocycles. The lowest BCUT2D eigenvalue weighted by atomic mass is 10.0. The van der Waals surface area contributed by atoms with Crippen LogP contribution in [0.2, 0.25) is 0 Å². The summed E-state index contributed by atoms with van der Waals surface area (Å²) in [5.41, 5.74) is 2.64. The zero-order valence-corrected chi connectivity index (χ0v) is 14.4. The van der Waals surface area contributed by atoms with E-state index in [0.717, 1.165) is 11.1 Å². The van der Waals surface area contributed by atoms with E-state index in [4.69, 9.17) is 5.11 Å². The van der Waals surface area contributed by atoms with E-state index in [9.17, 15) is 9.59 Å². The van der Waals surface area contributed by atoms with Gasteiger partial charge in [0.05, 0.1) is 6.54 Å². The highest BCUT2D eigenvalue weighted by Crippen LogP contribution is 2.19. The topological polar surface area (TPSA) is 78.4 Å². The maximum absolute atomic E-state index is 12.1. The van der Waals surface area contributed by atoms with Gasteiger partial charge in [-0.1, -0.05) is 42.5 Å². The molecule has 0 heterocycles. The molecule has 2 rings (SSSR count). The monoisotopic (exact) mass is 340 g/mol. The average Bonchev–Trinajstić information content (AvgIpc) is 2.65. The molecule has 0 bridgehead atoms.